The van der Waals surface area contributed by atoms with Crippen LogP contribution < -0.4 is 10.1 Å². The summed E-state index contributed by atoms with van der Waals surface area (Å²) in [6.45, 7) is 11.8. The standard InChI is InChI=1S/C17H26N2O/c1-6-19-17(5,13-18)11-12-20-15-10-8-7-9-14(15)16(2,3)4/h7-10,19H,6,11-12H2,1-5H3. The van der Waals surface area contributed by atoms with Crippen molar-refractivity contribution in [1.29, 1.82) is 5.26 Å². The summed E-state index contributed by atoms with van der Waals surface area (Å²) in [5.74, 6) is 0.914. The minimum absolute atomic E-state index is 0.0524. The maximum Gasteiger partial charge on any atom is 0.123 e. The molecular formula is C17H26N2O. The minimum atomic E-state index is -0.522. The predicted molar refractivity (Wildman–Crippen MR) is 82.9 cm³/mol. The third-order valence-electron chi connectivity index (χ3n) is 3.37. The lowest BCUT2D eigenvalue weighted by atomic mass is 9.86. The van der Waals surface area contributed by atoms with E-state index in [-0.39, 0.29) is 5.41 Å². The molecule has 20 heavy (non-hydrogen) atoms. The van der Waals surface area contributed by atoms with Gasteiger partial charge >= 0.3 is 0 Å². The monoisotopic (exact) mass is 274 g/mol. The molecule has 0 aromatic heterocycles. The normalized spacial score (nSPS) is 14.4. The van der Waals surface area contributed by atoms with Crippen LogP contribution in [0.2, 0.25) is 0 Å². The summed E-state index contributed by atoms with van der Waals surface area (Å²) >= 11 is 0. The van der Waals surface area contributed by atoms with Crippen LogP contribution >= 0.6 is 0 Å². The Morgan fingerprint density at radius 1 is 1.20 bits per heavy atom. The number of nitrogens with one attached hydrogen (secondary N) is 1. The molecule has 110 valence electrons. The molecule has 0 spiro atoms. The van der Waals surface area contributed by atoms with Gasteiger partial charge in [-0.05, 0) is 30.5 Å². The van der Waals surface area contributed by atoms with Gasteiger partial charge in [0.1, 0.15) is 11.3 Å². The number of rotatable bonds is 6. The SMILES string of the molecule is CCNC(C)(C#N)CCOc1ccccc1C(C)(C)C. The van der Waals surface area contributed by atoms with Crippen LogP contribution in [0, 0.1) is 11.3 Å². The number of nitriles is 1. The van der Waals surface area contributed by atoms with Gasteiger partial charge in [-0.1, -0.05) is 45.9 Å². The minimum Gasteiger partial charge on any atom is -0.493 e. The number of hydrogen-bond acceptors (Lipinski definition) is 3. The van der Waals surface area contributed by atoms with E-state index in [9.17, 15) is 5.26 Å². The van der Waals surface area contributed by atoms with E-state index >= 15 is 0 Å². The molecule has 3 nitrogen and oxygen atoms in total. The third kappa shape index (κ3) is 4.54. The summed E-state index contributed by atoms with van der Waals surface area (Å²) in [4.78, 5) is 0. The van der Waals surface area contributed by atoms with Crippen molar-refractivity contribution < 1.29 is 4.74 Å². The first-order valence-electron chi connectivity index (χ1n) is 7.21. The van der Waals surface area contributed by atoms with Crippen molar-refractivity contribution in [2.24, 2.45) is 0 Å². The predicted octanol–water partition coefficient (Wildman–Crippen LogP) is 3.64. The van der Waals surface area contributed by atoms with Crippen molar-refractivity contribution in [3.63, 3.8) is 0 Å². The highest BCUT2D eigenvalue weighted by molar-refractivity contribution is 5.38. The fraction of sp³-hybridized carbons (Fsp3) is 0.588. The highest BCUT2D eigenvalue weighted by Crippen LogP contribution is 2.31. The van der Waals surface area contributed by atoms with Gasteiger partial charge in [0.25, 0.3) is 0 Å². The number of hydrogen-bond donors (Lipinski definition) is 1. The Hall–Kier alpha value is -1.53. The molecule has 0 saturated carbocycles. The summed E-state index contributed by atoms with van der Waals surface area (Å²) < 4.78 is 5.92. The lowest BCUT2D eigenvalue weighted by Crippen LogP contribution is -2.42. The molecule has 1 aromatic rings. The largest absolute Gasteiger partial charge is 0.493 e. The Morgan fingerprint density at radius 3 is 2.40 bits per heavy atom. The molecule has 0 heterocycles. The fourth-order valence-electron chi connectivity index (χ4n) is 2.15. The molecule has 0 aliphatic carbocycles. The summed E-state index contributed by atoms with van der Waals surface area (Å²) in [5, 5.41) is 12.4. The smallest absolute Gasteiger partial charge is 0.123 e. The molecule has 0 amide bonds. The van der Waals surface area contributed by atoms with E-state index in [0.717, 1.165) is 12.3 Å². The lowest BCUT2D eigenvalue weighted by molar-refractivity contribution is 0.263. The fourth-order valence-corrected chi connectivity index (χ4v) is 2.15. The number of nitrogens with zero attached hydrogens (tertiary/aromatic N) is 1. The van der Waals surface area contributed by atoms with Crippen LogP contribution in [0.1, 0.15) is 46.6 Å². The lowest BCUT2D eigenvalue weighted by Gasteiger charge is -2.25. The van der Waals surface area contributed by atoms with Crippen LogP contribution in [0.3, 0.4) is 0 Å². The first-order chi connectivity index (χ1) is 9.32. The molecule has 1 unspecified atom stereocenters. The number of ether oxygens (including phenoxy) is 1. The second-order valence-electron chi connectivity index (χ2n) is 6.32. The number of para-hydroxylation sites is 1. The van der Waals surface area contributed by atoms with Crippen LogP contribution in [-0.2, 0) is 5.41 Å². The van der Waals surface area contributed by atoms with E-state index in [4.69, 9.17) is 4.74 Å². The van der Waals surface area contributed by atoms with Gasteiger partial charge in [0.15, 0.2) is 0 Å². The van der Waals surface area contributed by atoms with E-state index in [2.05, 4.69) is 38.2 Å². The van der Waals surface area contributed by atoms with Gasteiger partial charge in [0.05, 0.1) is 12.7 Å². The van der Waals surface area contributed by atoms with Gasteiger partial charge < -0.3 is 4.74 Å². The van der Waals surface area contributed by atoms with E-state index in [1.54, 1.807) is 0 Å². The molecule has 3 heteroatoms. The van der Waals surface area contributed by atoms with E-state index in [0.29, 0.717) is 13.0 Å². The van der Waals surface area contributed by atoms with Crippen molar-refractivity contribution >= 4 is 0 Å². The van der Waals surface area contributed by atoms with Gasteiger partial charge in [-0.25, -0.2) is 0 Å². The Labute approximate surface area is 123 Å². The van der Waals surface area contributed by atoms with E-state index in [1.807, 2.05) is 32.0 Å². The zero-order valence-electron chi connectivity index (χ0n) is 13.3. The van der Waals surface area contributed by atoms with Crippen LogP contribution in [0.4, 0.5) is 0 Å². The molecule has 1 aromatic carbocycles. The van der Waals surface area contributed by atoms with Crippen molar-refractivity contribution in [3.8, 4) is 11.8 Å². The van der Waals surface area contributed by atoms with Gasteiger partial charge in [-0.3, -0.25) is 5.32 Å². The second kappa shape index (κ2) is 6.76. The van der Waals surface area contributed by atoms with Crippen molar-refractivity contribution in [1.82, 2.24) is 5.32 Å². The molecule has 0 saturated heterocycles. The van der Waals surface area contributed by atoms with Gasteiger partial charge in [-0.15, -0.1) is 0 Å². The third-order valence-corrected chi connectivity index (χ3v) is 3.37. The molecule has 0 radical (unpaired) electrons. The molecule has 1 N–H and O–H groups in total. The van der Waals surface area contributed by atoms with Crippen molar-refractivity contribution in [2.45, 2.75) is 52.0 Å². The Balaban J connectivity index is 2.70. The first-order valence-corrected chi connectivity index (χ1v) is 7.21. The molecular weight excluding hydrogens is 248 g/mol. The highest BCUT2D eigenvalue weighted by atomic mass is 16.5. The zero-order chi connectivity index (χ0) is 15.2. The second-order valence-corrected chi connectivity index (χ2v) is 6.32. The van der Waals surface area contributed by atoms with Crippen LogP contribution in [-0.4, -0.2) is 18.7 Å². The van der Waals surface area contributed by atoms with Crippen LogP contribution in [0.25, 0.3) is 0 Å². The van der Waals surface area contributed by atoms with E-state index in [1.165, 1.54) is 5.56 Å². The average Bonchev–Trinajstić information content (AvgIpc) is 2.38. The van der Waals surface area contributed by atoms with Gasteiger partial charge in [-0.2, -0.15) is 5.26 Å². The van der Waals surface area contributed by atoms with Gasteiger partial charge in [0, 0.05) is 6.42 Å². The summed E-state index contributed by atoms with van der Waals surface area (Å²) in [7, 11) is 0. The first kappa shape index (κ1) is 16.5. The highest BCUT2D eigenvalue weighted by Gasteiger charge is 2.23. The molecule has 0 fully saturated rings. The van der Waals surface area contributed by atoms with Crippen LogP contribution in [0.15, 0.2) is 24.3 Å². The molecule has 0 aliphatic heterocycles. The maximum atomic E-state index is 9.23. The average molecular weight is 274 g/mol. The Kier molecular flexibility index (Phi) is 5.59. The number of benzene rings is 1. The van der Waals surface area contributed by atoms with Crippen molar-refractivity contribution in [2.75, 3.05) is 13.2 Å². The maximum absolute atomic E-state index is 9.23. The Morgan fingerprint density at radius 2 is 1.85 bits per heavy atom. The van der Waals surface area contributed by atoms with E-state index < -0.39 is 5.54 Å². The zero-order valence-corrected chi connectivity index (χ0v) is 13.3. The quantitative estimate of drug-likeness (QED) is 0.861. The molecule has 1 rings (SSSR count). The topological polar surface area (TPSA) is 45.0 Å². The molecule has 0 bridgehead atoms. The van der Waals surface area contributed by atoms with Gasteiger partial charge in [0.2, 0.25) is 0 Å². The van der Waals surface area contributed by atoms with Crippen LogP contribution in [0.5, 0.6) is 5.75 Å². The summed E-state index contributed by atoms with van der Waals surface area (Å²) in [6.07, 6.45) is 0.663. The summed E-state index contributed by atoms with van der Waals surface area (Å²) in [6, 6.07) is 10.4. The van der Waals surface area contributed by atoms with Crippen molar-refractivity contribution in [3.05, 3.63) is 29.8 Å². The Bertz CT molecular complexity index is 471. The molecule has 0 aliphatic rings. The summed E-state index contributed by atoms with van der Waals surface area (Å²) in [5.41, 5.74) is 0.726. The molecule has 1 atom stereocenters.